The second kappa shape index (κ2) is 7.06. The molecule has 6 heteroatoms. The minimum atomic E-state index is -3.46. The summed E-state index contributed by atoms with van der Waals surface area (Å²) in [6.07, 6.45) is 3.49. The predicted octanol–water partition coefficient (Wildman–Crippen LogP) is 1.46. The summed E-state index contributed by atoms with van der Waals surface area (Å²) in [7, 11) is -1.89. The van der Waals surface area contributed by atoms with Gasteiger partial charge in [-0.1, -0.05) is 23.8 Å². The smallest absolute Gasteiger partial charge is 0.263 e. The number of ether oxygens (including phenoxy) is 1. The average Bonchev–Trinajstić information content (AvgIpc) is 2.48. The van der Waals surface area contributed by atoms with Crippen molar-refractivity contribution in [3.63, 3.8) is 0 Å². The van der Waals surface area contributed by atoms with Crippen LogP contribution in [0, 0.1) is 6.92 Å². The third kappa shape index (κ3) is 4.30. The fourth-order valence-corrected chi connectivity index (χ4v) is 3.14. The first-order valence-corrected chi connectivity index (χ1v) is 8.45. The van der Waals surface area contributed by atoms with Crippen molar-refractivity contribution in [3.05, 3.63) is 42.1 Å². The highest BCUT2D eigenvalue weighted by Gasteiger charge is 2.17. The van der Waals surface area contributed by atoms with Crippen molar-refractivity contribution < 1.29 is 13.2 Å². The molecule has 2 rings (SSSR count). The molecule has 0 unspecified atom stereocenters. The van der Waals surface area contributed by atoms with Gasteiger partial charge in [-0.25, -0.2) is 8.42 Å². The monoisotopic (exact) mass is 310 g/mol. The number of hydrogen-bond acceptors (Lipinski definition) is 4. The van der Waals surface area contributed by atoms with Gasteiger partial charge in [-0.2, -0.15) is 0 Å². The van der Waals surface area contributed by atoms with Gasteiger partial charge in [0.1, 0.15) is 0 Å². The van der Waals surface area contributed by atoms with Crippen LogP contribution in [-0.4, -0.2) is 57.5 Å². The summed E-state index contributed by atoms with van der Waals surface area (Å²) in [4.78, 5) is 2.54. The van der Waals surface area contributed by atoms with Gasteiger partial charge >= 0.3 is 0 Å². The second-order valence-electron chi connectivity index (χ2n) is 5.13. The first-order chi connectivity index (χ1) is 10.00. The molecule has 1 aliphatic heterocycles. The molecule has 0 N–H and O–H groups in total. The van der Waals surface area contributed by atoms with Crippen molar-refractivity contribution >= 4 is 10.0 Å². The normalized spacial score (nSPS) is 17.2. The number of morpholine rings is 1. The fraction of sp³-hybridized carbons (Fsp3) is 0.467. The van der Waals surface area contributed by atoms with E-state index in [1.165, 1.54) is 4.31 Å². The zero-order valence-corrected chi connectivity index (χ0v) is 13.3. The molecule has 1 aromatic rings. The number of hydrogen-bond donors (Lipinski definition) is 0. The van der Waals surface area contributed by atoms with E-state index in [1.54, 1.807) is 37.5 Å². The maximum atomic E-state index is 12.4. The van der Waals surface area contributed by atoms with Crippen LogP contribution in [0.25, 0.3) is 0 Å². The van der Waals surface area contributed by atoms with Crippen LogP contribution in [0.5, 0.6) is 0 Å². The summed E-state index contributed by atoms with van der Waals surface area (Å²) < 4.78 is 31.3. The number of benzene rings is 1. The van der Waals surface area contributed by atoms with Gasteiger partial charge in [-0.15, -0.1) is 0 Å². The molecular weight excluding hydrogens is 288 g/mol. The Morgan fingerprint density at radius 3 is 2.48 bits per heavy atom. The molecule has 0 aromatic heterocycles. The number of nitrogens with zero attached hydrogens (tertiary/aromatic N) is 2. The molecule has 0 bridgehead atoms. The van der Waals surface area contributed by atoms with Crippen molar-refractivity contribution in [2.24, 2.45) is 0 Å². The summed E-state index contributed by atoms with van der Waals surface area (Å²) in [5.41, 5.74) is 1.04. The molecule has 0 spiro atoms. The molecule has 0 radical (unpaired) electrons. The molecule has 0 aliphatic carbocycles. The van der Waals surface area contributed by atoms with Gasteiger partial charge in [-0.3, -0.25) is 9.21 Å². The van der Waals surface area contributed by atoms with Gasteiger partial charge in [0.2, 0.25) is 0 Å². The van der Waals surface area contributed by atoms with Crippen molar-refractivity contribution in [2.45, 2.75) is 11.8 Å². The lowest BCUT2D eigenvalue weighted by Crippen LogP contribution is -2.36. The molecule has 116 valence electrons. The summed E-state index contributed by atoms with van der Waals surface area (Å²) >= 11 is 0. The summed E-state index contributed by atoms with van der Waals surface area (Å²) in [6.45, 7) is 5.92. The Bertz CT molecular complexity index is 575. The Morgan fingerprint density at radius 2 is 1.86 bits per heavy atom. The number of aryl methyl sites for hydroxylation is 1. The number of sulfonamides is 1. The van der Waals surface area contributed by atoms with Crippen molar-refractivity contribution in [2.75, 3.05) is 39.9 Å². The van der Waals surface area contributed by atoms with Gasteiger partial charge in [0.15, 0.2) is 0 Å². The molecule has 1 aromatic carbocycles. The lowest BCUT2D eigenvalue weighted by atomic mass is 10.2. The molecule has 1 aliphatic rings. The molecular formula is C15H22N2O3S. The third-order valence-electron chi connectivity index (χ3n) is 3.48. The minimum absolute atomic E-state index is 0.312. The van der Waals surface area contributed by atoms with Crippen molar-refractivity contribution in [1.82, 2.24) is 9.21 Å². The van der Waals surface area contributed by atoms with E-state index >= 15 is 0 Å². The Kier molecular flexibility index (Phi) is 5.39. The Labute approximate surface area is 126 Å². The van der Waals surface area contributed by atoms with E-state index in [0.717, 1.165) is 38.4 Å². The minimum Gasteiger partial charge on any atom is -0.379 e. The molecule has 1 fully saturated rings. The lowest BCUT2D eigenvalue weighted by molar-refractivity contribution is 0.0433. The summed E-state index contributed by atoms with van der Waals surface area (Å²) in [5, 5.41) is 0. The zero-order chi connectivity index (χ0) is 15.3. The molecule has 0 saturated carbocycles. The second-order valence-corrected chi connectivity index (χ2v) is 7.13. The van der Waals surface area contributed by atoms with Gasteiger partial charge in [-0.05, 0) is 19.1 Å². The first kappa shape index (κ1) is 16.0. The first-order valence-electron chi connectivity index (χ1n) is 7.01. The summed E-state index contributed by atoms with van der Waals surface area (Å²) in [5.74, 6) is 0. The van der Waals surface area contributed by atoms with E-state index in [0.29, 0.717) is 4.90 Å². The molecule has 0 atom stereocenters. The van der Waals surface area contributed by atoms with Crippen LogP contribution in [0.2, 0.25) is 0 Å². The van der Waals surface area contributed by atoms with E-state index in [2.05, 4.69) is 4.90 Å². The van der Waals surface area contributed by atoms with E-state index in [9.17, 15) is 8.42 Å². The molecule has 1 heterocycles. The maximum Gasteiger partial charge on any atom is 0.263 e. The highest BCUT2D eigenvalue weighted by Crippen LogP contribution is 2.15. The van der Waals surface area contributed by atoms with Gasteiger partial charge < -0.3 is 4.74 Å². The fourth-order valence-electron chi connectivity index (χ4n) is 2.09. The topological polar surface area (TPSA) is 49.9 Å². The Morgan fingerprint density at radius 1 is 1.24 bits per heavy atom. The average molecular weight is 310 g/mol. The van der Waals surface area contributed by atoms with Crippen LogP contribution in [0.1, 0.15) is 5.56 Å². The highest BCUT2D eigenvalue weighted by atomic mass is 32.2. The molecule has 21 heavy (non-hydrogen) atoms. The predicted molar refractivity (Wildman–Crippen MR) is 82.5 cm³/mol. The van der Waals surface area contributed by atoms with Crippen LogP contribution < -0.4 is 0 Å². The SMILES string of the molecule is Cc1ccc(S(=O)(=O)N(C)/C=C/CN2CCOCC2)cc1. The maximum absolute atomic E-state index is 12.4. The van der Waals surface area contributed by atoms with Gasteiger partial charge in [0, 0.05) is 32.9 Å². The van der Waals surface area contributed by atoms with Gasteiger partial charge in [0.05, 0.1) is 18.1 Å². The zero-order valence-electron chi connectivity index (χ0n) is 12.5. The lowest BCUT2D eigenvalue weighted by Gasteiger charge is -2.25. The Balaban J connectivity index is 1.97. The van der Waals surface area contributed by atoms with Crippen molar-refractivity contribution in [1.29, 1.82) is 0 Å². The largest absolute Gasteiger partial charge is 0.379 e. The summed E-state index contributed by atoms with van der Waals surface area (Å²) in [6, 6.07) is 6.88. The molecule has 1 saturated heterocycles. The van der Waals surface area contributed by atoms with Crippen LogP contribution in [-0.2, 0) is 14.8 Å². The molecule has 5 nitrogen and oxygen atoms in total. The van der Waals surface area contributed by atoms with Crippen molar-refractivity contribution in [3.8, 4) is 0 Å². The van der Waals surface area contributed by atoms with Crippen LogP contribution in [0.3, 0.4) is 0 Å². The van der Waals surface area contributed by atoms with Crippen LogP contribution >= 0.6 is 0 Å². The third-order valence-corrected chi connectivity index (χ3v) is 5.23. The number of rotatable bonds is 5. The van der Waals surface area contributed by atoms with Crippen LogP contribution in [0.4, 0.5) is 0 Å². The van der Waals surface area contributed by atoms with E-state index in [-0.39, 0.29) is 0 Å². The van der Waals surface area contributed by atoms with Crippen LogP contribution in [0.15, 0.2) is 41.4 Å². The highest BCUT2D eigenvalue weighted by molar-refractivity contribution is 7.89. The Hall–Kier alpha value is -1.37. The van der Waals surface area contributed by atoms with Gasteiger partial charge in [0.25, 0.3) is 10.0 Å². The standard InChI is InChI=1S/C15H22N2O3S/c1-14-4-6-15(7-5-14)21(18,19)16(2)8-3-9-17-10-12-20-13-11-17/h3-8H,9-13H2,1-2H3/b8-3+. The quantitative estimate of drug-likeness (QED) is 0.826. The van der Waals surface area contributed by atoms with E-state index < -0.39 is 10.0 Å². The van der Waals surface area contributed by atoms with E-state index in [4.69, 9.17) is 4.74 Å². The van der Waals surface area contributed by atoms with E-state index in [1.807, 2.05) is 13.0 Å². The molecule has 0 amide bonds.